The standard InChI is InChI=1S/C35H54Cl3NO8SSi/c1-20-13-12-14-25-27(44-25)16-26(21(2)15-24-18-48-23(4)39-24)45-29(40)17-28(47-49(10,11)33(5,6)7)34(8,9)31(41)22(3)30(20)46-32(42)43-19-35(36,37)38/h15,18,20,22,25-28,30H,12-14,16-17,19H2,1-11H3/b21-15+/t20-,22+,25+,26-,27-,28-,30-/m0/s1. The minimum Gasteiger partial charge on any atom is -0.458 e. The molecule has 0 N–H and O–H groups in total. The third-order valence-electron chi connectivity index (χ3n) is 10.2. The third-order valence-corrected chi connectivity index (χ3v) is 15.8. The second kappa shape index (κ2) is 16.6. The number of epoxide rings is 1. The van der Waals surface area contributed by atoms with E-state index in [0.29, 0.717) is 12.8 Å². The molecule has 0 radical (unpaired) electrons. The average Bonchev–Trinajstić information content (AvgIpc) is 3.58. The zero-order chi connectivity index (χ0) is 37.1. The van der Waals surface area contributed by atoms with E-state index in [0.717, 1.165) is 29.1 Å². The highest BCUT2D eigenvalue weighted by atomic mass is 35.6. The minimum atomic E-state index is -2.50. The Morgan fingerprint density at radius 1 is 1.14 bits per heavy atom. The van der Waals surface area contributed by atoms with Crippen LogP contribution in [0.5, 0.6) is 0 Å². The van der Waals surface area contributed by atoms with Crippen molar-refractivity contribution in [1.29, 1.82) is 0 Å². The van der Waals surface area contributed by atoms with E-state index in [1.54, 1.807) is 32.1 Å². The Morgan fingerprint density at radius 3 is 2.37 bits per heavy atom. The molecular weight excluding hydrogens is 729 g/mol. The summed E-state index contributed by atoms with van der Waals surface area (Å²) >= 11 is 18.9. The van der Waals surface area contributed by atoms with Gasteiger partial charge in [0.25, 0.3) is 0 Å². The highest BCUT2D eigenvalue weighted by Crippen LogP contribution is 2.43. The average molecular weight is 783 g/mol. The van der Waals surface area contributed by atoms with E-state index < -0.39 is 60.5 Å². The van der Waals surface area contributed by atoms with Crippen LogP contribution in [0.25, 0.3) is 6.08 Å². The Bertz CT molecular complexity index is 1350. The van der Waals surface area contributed by atoms with E-state index in [4.69, 9.17) is 58.2 Å². The molecule has 3 heterocycles. The van der Waals surface area contributed by atoms with Crippen LogP contribution in [0.3, 0.4) is 0 Å². The number of aromatic nitrogens is 1. The quantitative estimate of drug-likeness (QED) is 0.120. The second-order valence-electron chi connectivity index (χ2n) is 15.7. The summed E-state index contributed by atoms with van der Waals surface area (Å²) < 4.78 is 28.2. The number of aryl methyl sites for hydroxylation is 1. The molecule has 1 aromatic rings. The van der Waals surface area contributed by atoms with Gasteiger partial charge in [-0.05, 0) is 62.4 Å². The number of hydrogen-bond acceptors (Lipinski definition) is 10. The number of alkyl halides is 3. The highest BCUT2D eigenvalue weighted by Gasteiger charge is 2.50. The van der Waals surface area contributed by atoms with Gasteiger partial charge in [0.2, 0.25) is 3.79 Å². The number of carbonyl (C=O) groups is 3. The molecule has 2 fully saturated rings. The van der Waals surface area contributed by atoms with Crippen LogP contribution in [-0.4, -0.2) is 72.1 Å². The summed E-state index contributed by atoms with van der Waals surface area (Å²) in [4.78, 5) is 45.8. The van der Waals surface area contributed by atoms with Crippen LogP contribution in [-0.2, 0) is 33.0 Å². The number of Topliss-reactive ketones (excluding diaryl/α,β-unsaturated/α-hetero) is 1. The molecule has 278 valence electrons. The van der Waals surface area contributed by atoms with Crippen LogP contribution < -0.4 is 0 Å². The van der Waals surface area contributed by atoms with Crippen molar-refractivity contribution in [2.45, 2.75) is 147 Å². The highest BCUT2D eigenvalue weighted by molar-refractivity contribution is 7.09. The number of halogens is 3. The molecule has 49 heavy (non-hydrogen) atoms. The van der Waals surface area contributed by atoms with Gasteiger partial charge in [-0.1, -0.05) is 89.7 Å². The van der Waals surface area contributed by atoms with Crippen molar-refractivity contribution in [2.75, 3.05) is 6.61 Å². The predicted molar refractivity (Wildman–Crippen MR) is 198 cm³/mol. The lowest BCUT2D eigenvalue weighted by molar-refractivity contribution is -0.154. The number of nitrogens with zero attached hydrogens (tertiary/aromatic N) is 1. The van der Waals surface area contributed by atoms with Crippen LogP contribution >= 0.6 is 46.1 Å². The lowest BCUT2D eigenvalue weighted by atomic mass is 9.73. The van der Waals surface area contributed by atoms with Gasteiger partial charge in [0.05, 0.1) is 41.4 Å². The fourth-order valence-electron chi connectivity index (χ4n) is 5.98. The molecule has 2 saturated heterocycles. The first kappa shape index (κ1) is 42.2. The van der Waals surface area contributed by atoms with Crippen molar-refractivity contribution in [3.63, 3.8) is 0 Å². The van der Waals surface area contributed by atoms with Gasteiger partial charge in [-0.15, -0.1) is 11.3 Å². The summed E-state index contributed by atoms with van der Waals surface area (Å²) in [6, 6.07) is 0. The number of esters is 1. The van der Waals surface area contributed by atoms with Crippen molar-refractivity contribution in [1.82, 2.24) is 4.98 Å². The van der Waals surface area contributed by atoms with E-state index >= 15 is 0 Å². The number of thiazole rings is 1. The molecule has 1 aromatic heterocycles. The van der Waals surface area contributed by atoms with E-state index in [-0.39, 0.29) is 35.4 Å². The van der Waals surface area contributed by atoms with Gasteiger partial charge < -0.3 is 23.4 Å². The summed E-state index contributed by atoms with van der Waals surface area (Å²) in [6.45, 7) is 21.2. The Kier molecular flexibility index (Phi) is 14.3. The number of fused-ring (bicyclic) bond motifs is 1. The smallest absolute Gasteiger partial charge is 0.458 e. The lowest BCUT2D eigenvalue weighted by Gasteiger charge is -2.44. The zero-order valence-electron chi connectivity index (χ0n) is 30.7. The van der Waals surface area contributed by atoms with Crippen LogP contribution in [0.2, 0.25) is 18.1 Å². The third kappa shape index (κ3) is 12.2. The number of carbonyl (C=O) groups excluding carboxylic acids is 3. The summed E-state index contributed by atoms with van der Waals surface area (Å²) in [5, 5.41) is 2.73. The SMILES string of the molecule is C/C(=C\c1csc(C)n1)[C@@H]1C[C@@H]2O[C@@H]2CCC[C@H](C)[C@H](OC(=O)OCC(Cl)(Cl)Cl)[C@@H](C)C(=O)C(C)(C)[C@@H](O[Si](C)(C)C(C)(C)C)CC(=O)O1. The molecule has 0 unspecified atom stereocenters. The summed E-state index contributed by atoms with van der Waals surface area (Å²) in [5.41, 5.74) is 0.519. The van der Waals surface area contributed by atoms with Crippen molar-refractivity contribution in [3.8, 4) is 0 Å². The first-order chi connectivity index (χ1) is 22.4. The normalized spacial score (nSPS) is 29.5. The number of cyclic esters (lactones) is 1. The maximum Gasteiger partial charge on any atom is 0.508 e. The Labute approximate surface area is 312 Å². The van der Waals surface area contributed by atoms with Crippen molar-refractivity contribution in [3.05, 3.63) is 21.7 Å². The number of rotatable bonds is 6. The molecule has 0 spiro atoms. The molecule has 0 bridgehead atoms. The topological polar surface area (TPSA) is 114 Å². The van der Waals surface area contributed by atoms with Gasteiger partial charge in [-0.2, -0.15) is 0 Å². The van der Waals surface area contributed by atoms with Gasteiger partial charge in [0.15, 0.2) is 8.32 Å². The minimum absolute atomic E-state index is 0.0110. The monoisotopic (exact) mass is 781 g/mol. The van der Waals surface area contributed by atoms with Gasteiger partial charge in [-0.3, -0.25) is 9.59 Å². The van der Waals surface area contributed by atoms with Gasteiger partial charge in [-0.25, -0.2) is 9.78 Å². The molecule has 0 amide bonds. The van der Waals surface area contributed by atoms with Crippen molar-refractivity contribution < 1.29 is 37.8 Å². The molecule has 0 aromatic carbocycles. The lowest BCUT2D eigenvalue weighted by Crippen LogP contribution is -2.53. The molecule has 3 rings (SSSR count). The molecule has 0 aliphatic carbocycles. The number of hydrogen-bond donors (Lipinski definition) is 0. The number of ketones is 1. The van der Waals surface area contributed by atoms with Crippen LogP contribution in [0.1, 0.15) is 98.2 Å². The van der Waals surface area contributed by atoms with E-state index in [1.165, 1.54) is 0 Å². The molecular formula is C35H54Cl3NO8SSi. The van der Waals surface area contributed by atoms with Crippen molar-refractivity contribution >= 4 is 78.4 Å². The predicted octanol–water partition coefficient (Wildman–Crippen LogP) is 9.65. The first-order valence-electron chi connectivity index (χ1n) is 17.0. The van der Waals surface area contributed by atoms with Gasteiger partial charge in [0.1, 0.15) is 24.6 Å². The number of ether oxygens (including phenoxy) is 4. The van der Waals surface area contributed by atoms with Gasteiger partial charge >= 0.3 is 12.1 Å². The fraction of sp³-hybridized carbons (Fsp3) is 0.771. The summed E-state index contributed by atoms with van der Waals surface area (Å²) in [7, 11) is -2.50. The maximum atomic E-state index is 14.6. The zero-order valence-corrected chi connectivity index (χ0v) is 34.8. The second-order valence-corrected chi connectivity index (χ2v) is 24.0. The summed E-state index contributed by atoms with van der Waals surface area (Å²) in [5.74, 6) is -1.67. The van der Waals surface area contributed by atoms with Crippen LogP contribution in [0.15, 0.2) is 11.0 Å². The molecule has 14 heteroatoms. The van der Waals surface area contributed by atoms with Crippen LogP contribution in [0.4, 0.5) is 4.79 Å². The van der Waals surface area contributed by atoms with E-state index in [9.17, 15) is 14.4 Å². The first-order valence-corrected chi connectivity index (χ1v) is 21.9. The molecule has 2 aliphatic heterocycles. The molecule has 9 nitrogen and oxygen atoms in total. The Hall–Kier alpha value is -1.21. The molecule has 0 saturated carbocycles. The van der Waals surface area contributed by atoms with E-state index in [1.807, 2.05) is 32.2 Å². The van der Waals surface area contributed by atoms with E-state index in [2.05, 4.69) is 38.8 Å². The van der Waals surface area contributed by atoms with Crippen molar-refractivity contribution in [2.24, 2.45) is 17.3 Å². The van der Waals surface area contributed by atoms with Gasteiger partial charge in [0, 0.05) is 17.2 Å². The fourth-order valence-corrected chi connectivity index (χ4v) is 8.16. The van der Waals surface area contributed by atoms with Crippen LogP contribution in [0, 0.1) is 24.2 Å². The Balaban J connectivity index is 2.00. The maximum absolute atomic E-state index is 14.6. The molecule has 7 atom stereocenters. The summed E-state index contributed by atoms with van der Waals surface area (Å²) in [6.07, 6.45) is 1.25. The Morgan fingerprint density at radius 2 is 1.80 bits per heavy atom. The largest absolute Gasteiger partial charge is 0.508 e. The molecule has 2 aliphatic rings.